The van der Waals surface area contributed by atoms with Crippen molar-refractivity contribution in [2.24, 2.45) is 0 Å². The molecule has 0 spiro atoms. The van der Waals surface area contributed by atoms with Crippen LogP contribution in [0.15, 0.2) is 36.7 Å². The molecule has 0 aromatic carbocycles. The van der Waals surface area contributed by atoms with Gasteiger partial charge in [0.1, 0.15) is 23.4 Å². The molecular weight excluding hydrogens is 341 g/mol. The van der Waals surface area contributed by atoms with Gasteiger partial charge in [0.2, 0.25) is 0 Å². The fraction of sp³-hybridized carbons (Fsp3) is 0.381. The van der Waals surface area contributed by atoms with Crippen molar-refractivity contribution < 1.29 is 4.39 Å². The van der Waals surface area contributed by atoms with Crippen LogP contribution in [0.4, 0.5) is 10.2 Å². The summed E-state index contributed by atoms with van der Waals surface area (Å²) in [5, 5.41) is 9.31. The van der Waals surface area contributed by atoms with Gasteiger partial charge in [-0.3, -0.25) is 4.90 Å². The van der Waals surface area contributed by atoms with Crippen LogP contribution in [0.3, 0.4) is 0 Å². The molecule has 136 valence electrons. The van der Waals surface area contributed by atoms with Crippen molar-refractivity contribution >= 4 is 5.82 Å². The largest absolute Gasteiger partial charge is 0.353 e. The molecule has 2 unspecified atom stereocenters. The third-order valence-electron chi connectivity index (χ3n) is 5.23. The van der Waals surface area contributed by atoms with E-state index in [2.05, 4.69) is 37.7 Å². The summed E-state index contributed by atoms with van der Waals surface area (Å²) in [5.74, 6) is 6.71. The number of nitriles is 1. The summed E-state index contributed by atoms with van der Waals surface area (Å²) in [6.45, 7) is 2.40. The highest BCUT2D eigenvalue weighted by Gasteiger charge is 2.35. The molecule has 0 bridgehead atoms. The standard InChI is InChI=1S/C21H20FN5/c22-17-12-16(13-23)21(25-14-17)26-10-11-27-19(5-3-6-20(27)15-26)8-7-18-4-1-2-9-24-18/h1-2,4,9,12,14,19-20H,3,5-6,10-11,15H2. The average Bonchev–Trinajstić information content (AvgIpc) is 2.72. The van der Waals surface area contributed by atoms with E-state index >= 15 is 0 Å². The van der Waals surface area contributed by atoms with Crippen molar-refractivity contribution in [3.05, 3.63) is 53.7 Å². The molecule has 2 aliphatic heterocycles. The Balaban J connectivity index is 1.50. The Hall–Kier alpha value is -2.96. The predicted octanol–water partition coefficient (Wildman–Crippen LogP) is 2.58. The lowest BCUT2D eigenvalue weighted by molar-refractivity contribution is 0.100. The van der Waals surface area contributed by atoms with E-state index in [0.29, 0.717) is 17.4 Å². The van der Waals surface area contributed by atoms with Crippen LogP contribution in [-0.2, 0) is 0 Å². The Bertz CT molecular complexity index is 912. The molecule has 2 fully saturated rings. The van der Waals surface area contributed by atoms with Gasteiger partial charge in [0.15, 0.2) is 0 Å². The summed E-state index contributed by atoms with van der Waals surface area (Å²) in [6, 6.07) is 9.68. The van der Waals surface area contributed by atoms with Crippen LogP contribution in [0, 0.1) is 29.0 Å². The van der Waals surface area contributed by atoms with Gasteiger partial charge < -0.3 is 4.90 Å². The van der Waals surface area contributed by atoms with Crippen molar-refractivity contribution in [2.75, 3.05) is 24.5 Å². The number of anilines is 1. The van der Waals surface area contributed by atoms with Crippen LogP contribution in [0.2, 0.25) is 0 Å². The van der Waals surface area contributed by atoms with Gasteiger partial charge in [-0.2, -0.15) is 5.26 Å². The number of nitrogens with zero attached hydrogens (tertiary/aromatic N) is 5. The Morgan fingerprint density at radius 1 is 1.19 bits per heavy atom. The second kappa shape index (κ2) is 7.73. The maximum Gasteiger partial charge on any atom is 0.146 e. The second-order valence-corrected chi connectivity index (χ2v) is 6.91. The summed E-state index contributed by atoms with van der Waals surface area (Å²) in [4.78, 5) is 13.0. The lowest BCUT2D eigenvalue weighted by Crippen LogP contribution is -2.58. The minimum absolute atomic E-state index is 0.226. The van der Waals surface area contributed by atoms with Gasteiger partial charge >= 0.3 is 0 Å². The van der Waals surface area contributed by atoms with E-state index in [1.54, 1.807) is 6.20 Å². The SMILES string of the molecule is N#Cc1cc(F)cnc1N1CCN2C(C#Cc3ccccn3)CCCC2C1. The molecule has 4 heterocycles. The van der Waals surface area contributed by atoms with E-state index in [4.69, 9.17) is 0 Å². The van der Waals surface area contributed by atoms with Crippen molar-refractivity contribution in [1.82, 2.24) is 14.9 Å². The monoisotopic (exact) mass is 361 g/mol. The molecule has 0 radical (unpaired) electrons. The molecule has 6 heteroatoms. The number of piperazine rings is 1. The van der Waals surface area contributed by atoms with Crippen LogP contribution in [0.1, 0.15) is 30.5 Å². The number of fused-ring (bicyclic) bond motifs is 1. The molecule has 0 N–H and O–H groups in total. The van der Waals surface area contributed by atoms with Crippen molar-refractivity contribution in [3.8, 4) is 17.9 Å². The lowest BCUT2D eigenvalue weighted by atomic mass is 9.93. The summed E-state index contributed by atoms with van der Waals surface area (Å²) in [7, 11) is 0. The molecule has 4 rings (SSSR count). The quantitative estimate of drug-likeness (QED) is 0.731. The highest BCUT2D eigenvalue weighted by Crippen LogP contribution is 2.29. The minimum atomic E-state index is -0.475. The molecule has 2 aromatic rings. The maximum atomic E-state index is 13.4. The summed E-state index contributed by atoms with van der Waals surface area (Å²) >= 11 is 0. The van der Waals surface area contributed by atoms with E-state index in [-0.39, 0.29) is 6.04 Å². The molecule has 2 aromatic heterocycles. The zero-order chi connectivity index (χ0) is 18.6. The zero-order valence-electron chi connectivity index (χ0n) is 15.0. The van der Waals surface area contributed by atoms with E-state index in [9.17, 15) is 9.65 Å². The fourth-order valence-corrected chi connectivity index (χ4v) is 3.96. The summed E-state index contributed by atoms with van der Waals surface area (Å²) < 4.78 is 13.4. The molecular formula is C21H20FN5. The predicted molar refractivity (Wildman–Crippen MR) is 100 cm³/mol. The molecule has 5 nitrogen and oxygen atoms in total. The highest BCUT2D eigenvalue weighted by molar-refractivity contribution is 5.54. The van der Waals surface area contributed by atoms with Gasteiger partial charge in [0.25, 0.3) is 0 Å². The number of halogens is 1. The van der Waals surface area contributed by atoms with E-state index in [0.717, 1.165) is 44.6 Å². The number of pyridine rings is 2. The molecule has 0 amide bonds. The third kappa shape index (κ3) is 3.77. The first-order valence-corrected chi connectivity index (χ1v) is 9.23. The first kappa shape index (κ1) is 17.5. The van der Waals surface area contributed by atoms with Gasteiger partial charge in [-0.15, -0.1) is 0 Å². The van der Waals surface area contributed by atoms with Gasteiger partial charge in [0.05, 0.1) is 17.8 Å². The van der Waals surface area contributed by atoms with E-state index in [1.165, 1.54) is 12.3 Å². The number of piperidine rings is 1. The van der Waals surface area contributed by atoms with Crippen LogP contribution in [0.25, 0.3) is 0 Å². The Morgan fingerprint density at radius 3 is 2.93 bits per heavy atom. The Labute approximate surface area is 158 Å². The van der Waals surface area contributed by atoms with Crippen LogP contribution < -0.4 is 4.90 Å². The highest BCUT2D eigenvalue weighted by atomic mass is 19.1. The molecule has 0 aliphatic carbocycles. The van der Waals surface area contributed by atoms with E-state index < -0.39 is 5.82 Å². The number of rotatable bonds is 1. The molecule has 2 aliphatic rings. The van der Waals surface area contributed by atoms with Crippen LogP contribution in [-0.4, -0.2) is 46.6 Å². The Morgan fingerprint density at radius 2 is 2.11 bits per heavy atom. The molecule has 2 atom stereocenters. The van der Waals surface area contributed by atoms with Gasteiger partial charge in [-0.05, 0) is 43.4 Å². The zero-order valence-corrected chi connectivity index (χ0v) is 15.0. The van der Waals surface area contributed by atoms with Gasteiger partial charge in [0, 0.05) is 31.9 Å². The summed E-state index contributed by atoms with van der Waals surface area (Å²) in [6.07, 6.45) is 6.23. The van der Waals surface area contributed by atoms with E-state index in [1.807, 2.05) is 18.2 Å². The number of hydrogen-bond acceptors (Lipinski definition) is 5. The topological polar surface area (TPSA) is 56.1 Å². The molecule has 2 saturated heterocycles. The first-order valence-electron chi connectivity index (χ1n) is 9.23. The average molecular weight is 361 g/mol. The normalized spacial score (nSPS) is 22.3. The molecule has 0 saturated carbocycles. The van der Waals surface area contributed by atoms with Crippen molar-refractivity contribution in [1.29, 1.82) is 5.26 Å². The maximum absolute atomic E-state index is 13.4. The smallest absolute Gasteiger partial charge is 0.146 e. The molecule has 27 heavy (non-hydrogen) atoms. The van der Waals surface area contributed by atoms with Crippen molar-refractivity contribution in [2.45, 2.75) is 31.3 Å². The Kier molecular flexibility index (Phi) is 5.00. The summed E-state index contributed by atoms with van der Waals surface area (Å²) in [5.41, 5.74) is 1.10. The van der Waals surface area contributed by atoms with Crippen LogP contribution >= 0.6 is 0 Å². The fourth-order valence-electron chi connectivity index (χ4n) is 3.96. The third-order valence-corrected chi connectivity index (χ3v) is 5.23. The van der Waals surface area contributed by atoms with Crippen molar-refractivity contribution in [3.63, 3.8) is 0 Å². The lowest BCUT2D eigenvalue weighted by Gasteiger charge is -2.47. The second-order valence-electron chi connectivity index (χ2n) is 6.91. The van der Waals surface area contributed by atoms with Gasteiger partial charge in [-0.25, -0.2) is 14.4 Å². The minimum Gasteiger partial charge on any atom is -0.353 e. The van der Waals surface area contributed by atoms with Crippen LogP contribution in [0.5, 0.6) is 0 Å². The number of hydrogen-bond donors (Lipinski definition) is 0. The van der Waals surface area contributed by atoms with Gasteiger partial charge in [-0.1, -0.05) is 12.0 Å². The first-order chi connectivity index (χ1) is 13.2. The number of aromatic nitrogens is 2.